The van der Waals surface area contributed by atoms with Crippen LogP contribution in [-0.2, 0) is 14.3 Å². The van der Waals surface area contributed by atoms with Crippen molar-refractivity contribution in [3.05, 3.63) is 0 Å². The Balaban J connectivity index is 4.24. The van der Waals surface area contributed by atoms with Crippen molar-refractivity contribution >= 4 is 18.0 Å². The van der Waals surface area contributed by atoms with Gasteiger partial charge in [-0.2, -0.15) is 0 Å². The molecule has 0 rings (SSSR count). The minimum absolute atomic E-state index is 0.627. The van der Waals surface area contributed by atoms with E-state index in [9.17, 15) is 19.5 Å². The average Bonchev–Trinajstić information content (AvgIpc) is 2.13. The van der Waals surface area contributed by atoms with Gasteiger partial charge in [0.05, 0.1) is 12.0 Å². The number of ether oxygens (including phenoxy) is 1. The number of carboxylic acids is 1. The molecule has 0 saturated carbocycles. The standard InChI is InChI=1S/C11H20N2O5/c1-6(8(14)12-7(2)9(15)16)13-10(17)18-11(3,4)5/h6-7H,1-5H3,(H,12,14)(H,13,17)(H,15,16)/p-1/t6-,7-/m1/s1. The van der Waals surface area contributed by atoms with E-state index < -0.39 is 35.7 Å². The maximum Gasteiger partial charge on any atom is 0.408 e. The maximum atomic E-state index is 11.5. The Hall–Kier alpha value is -1.79. The van der Waals surface area contributed by atoms with Gasteiger partial charge in [-0.25, -0.2) is 4.79 Å². The monoisotopic (exact) mass is 259 g/mol. The number of hydrogen-bond donors (Lipinski definition) is 2. The SMILES string of the molecule is C[C@@H](NC(=O)[C@@H](C)NC(=O)OC(C)(C)C)C(=O)[O-]. The van der Waals surface area contributed by atoms with Crippen molar-refractivity contribution in [3.63, 3.8) is 0 Å². The van der Waals surface area contributed by atoms with Crippen molar-refractivity contribution in [1.29, 1.82) is 0 Å². The van der Waals surface area contributed by atoms with Gasteiger partial charge >= 0.3 is 6.09 Å². The third-order valence-electron chi connectivity index (χ3n) is 1.84. The number of amides is 2. The van der Waals surface area contributed by atoms with E-state index in [1.807, 2.05) is 0 Å². The molecule has 0 aromatic rings. The van der Waals surface area contributed by atoms with Crippen LogP contribution >= 0.6 is 0 Å². The highest BCUT2D eigenvalue weighted by molar-refractivity contribution is 5.88. The molecule has 0 fully saturated rings. The molecule has 2 atom stereocenters. The van der Waals surface area contributed by atoms with E-state index >= 15 is 0 Å². The van der Waals surface area contributed by atoms with Crippen LogP contribution in [0.1, 0.15) is 34.6 Å². The first-order chi connectivity index (χ1) is 8.03. The summed E-state index contributed by atoms with van der Waals surface area (Å²) in [5, 5.41) is 14.9. The van der Waals surface area contributed by atoms with Gasteiger partial charge in [-0.05, 0) is 34.6 Å². The van der Waals surface area contributed by atoms with Crippen LogP contribution in [0, 0.1) is 0 Å². The second-order valence-electron chi connectivity index (χ2n) is 4.92. The smallest absolute Gasteiger partial charge is 0.408 e. The van der Waals surface area contributed by atoms with Gasteiger partial charge in [0.2, 0.25) is 5.91 Å². The number of aliphatic carboxylic acids is 1. The number of hydrogen-bond acceptors (Lipinski definition) is 5. The minimum Gasteiger partial charge on any atom is -0.548 e. The molecular weight excluding hydrogens is 240 g/mol. The average molecular weight is 259 g/mol. The Bertz CT molecular complexity index is 335. The molecule has 7 nitrogen and oxygen atoms in total. The Morgan fingerprint density at radius 1 is 1.06 bits per heavy atom. The number of alkyl carbamates (subject to hydrolysis) is 1. The number of carbonyl (C=O) groups is 3. The molecule has 0 aliphatic rings. The van der Waals surface area contributed by atoms with Gasteiger partial charge < -0.3 is 25.3 Å². The van der Waals surface area contributed by atoms with Crippen LogP contribution in [0.2, 0.25) is 0 Å². The molecule has 0 unspecified atom stereocenters. The number of carbonyl (C=O) groups excluding carboxylic acids is 3. The van der Waals surface area contributed by atoms with Crippen LogP contribution in [0.5, 0.6) is 0 Å². The first-order valence-electron chi connectivity index (χ1n) is 5.53. The Labute approximate surface area is 106 Å². The van der Waals surface area contributed by atoms with E-state index in [2.05, 4.69) is 10.6 Å². The van der Waals surface area contributed by atoms with Crippen LogP contribution in [0.3, 0.4) is 0 Å². The molecule has 0 aliphatic carbocycles. The summed E-state index contributed by atoms with van der Waals surface area (Å²) in [6.45, 7) is 7.76. The van der Waals surface area contributed by atoms with Gasteiger partial charge in [0.15, 0.2) is 0 Å². The minimum atomic E-state index is -1.40. The Kier molecular flexibility index (Phi) is 5.61. The van der Waals surface area contributed by atoms with Crippen LogP contribution in [0.25, 0.3) is 0 Å². The third-order valence-corrected chi connectivity index (χ3v) is 1.84. The molecule has 0 aromatic heterocycles. The van der Waals surface area contributed by atoms with Crippen molar-refractivity contribution in [1.82, 2.24) is 10.6 Å². The van der Waals surface area contributed by atoms with E-state index in [0.29, 0.717) is 0 Å². The summed E-state index contributed by atoms with van der Waals surface area (Å²) < 4.78 is 4.95. The van der Waals surface area contributed by atoms with Crippen molar-refractivity contribution in [2.24, 2.45) is 0 Å². The van der Waals surface area contributed by atoms with Gasteiger partial charge in [0, 0.05) is 0 Å². The lowest BCUT2D eigenvalue weighted by molar-refractivity contribution is -0.307. The summed E-state index contributed by atoms with van der Waals surface area (Å²) in [5.41, 5.74) is -0.668. The predicted molar refractivity (Wildman–Crippen MR) is 61.4 cm³/mol. The van der Waals surface area contributed by atoms with Crippen molar-refractivity contribution < 1.29 is 24.2 Å². The molecule has 18 heavy (non-hydrogen) atoms. The Morgan fingerprint density at radius 2 is 1.56 bits per heavy atom. The summed E-state index contributed by atoms with van der Waals surface area (Å²) in [6.07, 6.45) is -0.744. The topological polar surface area (TPSA) is 108 Å². The summed E-state index contributed by atoms with van der Waals surface area (Å²) in [6, 6.07) is -2.03. The van der Waals surface area contributed by atoms with E-state index in [-0.39, 0.29) is 0 Å². The van der Waals surface area contributed by atoms with Crippen molar-refractivity contribution in [2.45, 2.75) is 52.3 Å². The van der Waals surface area contributed by atoms with Crippen LogP contribution < -0.4 is 15.7 Å². The first-order valence-corrected chi connectivity index (χ1v) is 5.53. The summed E-state index contributed by atoms with van der Waals surface area (Å²) in [7, 11) is 0. The van der Waals surface area contributed by atoms with Gasteiger partial charge in [-0.3, -0.25) is 4.79 Å². The maximum absolute atomic E-state index is 11.5. The molecule has 0 radical (unpaired) electrons. The highest BCUT2D eigenvalue weighted by Gasteiger charge is 2.21. The fourth-order valence-corrected chi connectivity index (χ4v) is 0.947. The van der Waals surface area contributed by atoms with Crippen molar-refractivity contribution in [2.75, 3.05) is 0 Å². The molecule has 0 spiro atoms. The van der Waals surface area contributed by atoms with E-state index in [1.165, 1.54) is 13.8 Å². The molecule has 0 heterocycles. The van der Waals surface area contributed by atoms with Gasteiger partial charge in [-0.1, -0.05) is 0 Å². The lowest BCUT2D eigenvalue weighted by Crippen LogP contribution is -2.52. The van der Waals surface area contributed by atoms with E-state index in [0.717, 1.165) is 0 Å². The third kappa shape index (κ3) is 6.72. The van der Waals surface area contributed by atoms with Gasteiger partial charge in [-0.15, -0.1) is 0 Å². The molecule has 0 aromatic carbocycles. The Morgan fingerprint density at radius 3 is 1.94 bits per heavy atom. The molecule has 0 aliphatic heterocycles. The zero-order valence-corrected chi connectivity index (χ0v) is 11.2. The lowest BCUT2D eigenvalue weighted by Gasteiger charge is -2.22. The second kappa shape index (κ2) is 6.23. The first kappa shape index (κ1) is 16.2. The second-order valence-corrected chi connectivity index (χ2v) is 4.92. The molecule has 2 amide bonds. The predicted octanol–water partition coefficient (Wildman–Crippen LogP) is -0.846. The zero-order chi connectivity index (χ0) is 14.5. The summed E-state index contributed by atoms with van der Waals surface area (Å²) >= 11 is 0. The van der Waals surface area contributed by atoms with Gasteiger partial charge in [0.25, 0.3) is 0 Å². The van der Waals surface area contributed by atoms with Gasteiger partial charge in [0.1, 0.15) is 11.6 Å². The quantitative estimate of drug-likeness (QED) is 0.684. The summed E-state index contributed by atoms with van der Waals surface area (Å²) in [4.78, 5) is 33.3. The van der Waals surface area contributed by atoms with Crippen LogP contribution in [0.15, 0.2) is 0 Å². The number of rotatable bonds is 4. The normalized spacial score (nSPS) is 14.3. The summed E-state index contributed by atoms with van der Waals surface area (Å²) in [5.74, 6) is -2.02. The van der Waals surface area contributed by atoms with Crippen molar-refractivity contribution in [3.8, 4) is 0 Å². The molecular formula is C11H19N2O5-. The highest BCUT2D eigenvalue weighted by Crippen LogP contribution is 2.06. The van der Waals surface area contributed by atoms with Crippen LogP contribution in [0.4, 0.5) is 4.79 Å². The highest BCUT2D eigenvalue weighted by atomic mass is 16.6. The number of carboxylic acid groups (broad SMARTS) is 1. The van der Waals surface area contributed by atoms with Crippen LogP contribution in [-0.4, -0.2) is 35.7 Å². The molecule has 2 N–H and O–H groups in total. The lowest BCUT2D eigenvalue weighted by atomic mass is 10.2. The van der Waals surface area contributed by atoms with E-state index in [4.69, 9.17) is 4.74 Å². The fourth-order valence-electron chi connectivity index (χ4n) is 0.947. The fraction of sp³-hybridized carbons (Fsp3) is 0.727. The zero-order valence-electron chi connectivity index (χ0n) is 11.2. The number of nitrogens with one attached hydrogen (secondary N) is 2. The molecule has 104 valence electrons. The molecule has 0 saturated heterocycles. The molecule has 7 heteroatoms. The largest absolute Gasteiger partial charge is 0.548 e. The van der Waals surface area contributed by atoms with E-state index in [1.54, 1.807) is 20.8 Å². The molecule has 0 bridgehead atoms.